The minimum atomic E-state index is -0.145. The van der Waals surface area contributed by atoms with Crippen LogP contribution in [0.4, 0.5) is 0 Å². The molecule has 2 aromatic rings. The summed E-state index contributed by atoms with van der Waals surface area (Å²) in [5.74, 6) is 0.879. The van der Waals surface area contributed by atoms with Crippen molar-refractivity contribution in [1.82, 2.24) is 14.5 Å². The topological polar surface area (TPSA) is 21.1 Å². The first kappa shape index (κ1) is 15.4. The maximum Gasteiger partial charge on any atom is 0.127 e. The molecule has 0 radical (unpaired) electrons. The summed E-state index contributed by atoms with van der Waals surface area (Å²) in [4.78, 5) is 7.11. The first-order valence-electron chi connectivity index (χ1n) is 7.28. The number of hydrogen-bond acceptors (Lipinski definition) is 2. The predicted molar refractivity (Wildman–Crippen MR) is 89.7 cm³/mol. The van der Waals surface area contributed by atoms with Crippen LogP contribution in [0.1, 0.15) is 31.0 Å². The molecule has 0 aliphatic carbocycles. The number of rotatable bonds is 4. The number of imidazole rings is 1. The number of nitrogens with zero attached hydrogens (tertiary/aromatic N) is 3. The summed E-state index contributed by atoms with van der Waals surface area (Å²) in [7, 11) is 0. The fourth-order valence-electron chi connectivity index (χ4n) is 2.93. The molecule has 0 amide bonds. The maximum atomic E-state index is 6.29. The van der Waals surface area contributed by atoms with E-state index < -0.39 is 0 Å². The van der Waals surface area contributed by atoms with E-state index in [0.717, 1.165) is 29.9 Å². The van der Waals surface area contributed by atoms with Crippen molar-refractivity contribution in [2.24, 2.45) is 0 Å². The van der Waals surface area contributed by atoms with Crippen molar-refractivity contribution in [1.29, 1.82) is 0 Å². The lowest BCUT2D eigenvalue weighted by atomic mass is 10.3. The van der Waals surface area contributed by atoms with Gasteiger partial charge in [-0.05, 0) is 45.0 Å². The van der Waals surface area contributed by atoms with Crippen molar-refractivity contribution in [2.75, 3.05) is 19.6 Å². The third-order valence-corrected chi connectivity index (χ3v) is 4.93. The molecule has 1 aromatic heterocycles. The van der Waals surface area contributed by atoms with E-state index in [1.165, 1.54) is 25.9 Å². The molecule has 0 saturated carbocycles. The Bertz CT molecular complexity index is 645. The minimum Gasteiger partial charge on any atom is -0.325 e. The smallest absolute Gasteiger partial charge is 0.127 e. The van der Waals surface area contributed by atoms with Gasteiger partial charge in [-0.1, -0.05) is 23.2 Å². The molecular weight excluding hydrogens is 329 g/mol. The summed E-state index contributed by atoms with van der Waals surface area (Å²) in [5.41, 5.74) is 1.86. The number of hydrogen-bond donors (Lipinski definition) is 0. The normalized spacial score (nSPS) is 17.7. The molecule has 1 aromatic carbocycles. The molecule has 1 aliphatic rings. The molecule has 3 rings (SSSR count). The zero-order valence-corrected chi connectivity index (χ0v) is 14.2. The summed E-state index contributed by atoms with van der Waals surface area (Å²) in [6.45, 7) is 6.21. The average molecular weight is 347 g/mol. The van der Waals surface area contributed by atoms with E-state index >= 15 is 0 Å². The van der Waals surface area contributed by atoms with E-state index in [4.69, 9.17) is 34.8 Å². The van der Waals surface area contributed by atoms with Crippen molar-refractivity contribution >= 4 is 45.8 Å². The Morgan fingerprint density at radius 3 is 2.48 bits per heavy atom. The summed E-state index contributed by atoms with van der Waals surface area (Å²) >= 11 is 18.5. The Labute approximate surface area is 139 Å². The Hall–Kier alpha value is -0.480. The fraction of sp³-hybridized carbons (Fsp3) is 0.533. The summed E-state index contributed by atoms with van der Waals surface area (Å²) < 4.78 is 2.17. The minimum absolute atomic E-state index is 0.145. The first-order chi connectivity index (χ1) is 10.1. The molecule has 1 aliphatic heterocycles. The van der Waals surface area contributed by atoms with Gasteiger partial charge in [0.25, 0.3) is 0 Å². The summed E-state index contributed by atoms with van der Waals surface area (Å²) in [6.07, 6.45) is 2.59. The largest absolute Gasteiger partial charge is 0.325 e. The van der Waals surface area contributed by atoms with Crippen LogP contribution in [0.3, 0.4) is 0 Å². The van der Waals surface area contributed by atoms with Gasteiger partial charge in [-0.2, -0.15) is 0 Å². The van der Waals surface area contributed by atoms with Crippen molar-refractivity contribution in [3.63, 3.8) is 0 Å². The number of fused-ring (bicyclic) bond motifs is 1. The van der Waals surface area contributed by atoms with Crippen LogP contribution >= 0.6 is 34.8 Å². The molecule has 1 fully saturated rings. The molecule has 0 bridgehead atoms. The molecule has 1 saturated heterocycles. The molecular formula is C15H18Cl3N3. The van der Waals surface area contributed by atoms with Crippen LogP contribution in [0, 0.1) is 0 Å². The van der Waals surface area contributed by atoms with Crippen LogP contribution in [-0.4, -0.2) is 34.1 Å². The average Bonchev–Trinajstić information content (AvgIpc) is 3.05. The van der Waals surface area contributed by atoms with E-state index in [0.29, 0.717) is 10.0 Å². The standard InChI is InChI=1S/C15H18Cl3N3/c1-10(16)15-19-13-8-11(17)12(18)9-14(13)21(15)7-6-20-4-2-3-5-20/h8-10H,2-7H2,1H3. The van der Waals surface area contributed by atoms with Gasteiger partial charge < -0.3 is 9.47 Å². The fourth-order valence-corrected chi connectivity index (χ4v) is 3.41. The number of benzene rings is 1. The Morgan fingerprint density at radius 1 is 1.14 bits per heavy atom. The molecule has 21 heavy (non-hydrogen) atoms. The van der Waals surface area contributed by atoms with Crippen LogP contribution in [0.2, 0.25) is 10.0 Å². The van der Waals surface area contributed by atoms with Gasteiger partial charge in [0.15, 0.2) is 0 Å². The number of halogens is 3. The van der Waals surface area contributed by atoms with Crippen molar-refractivity contribution in [3.05, 3.63) is 28.0 Å². The van der Waals surface area contributed by atoms with Gasteiger partial charge in [-0.3, -0.25) is 0 Å². The van der Waals surface area contributed by atoms with Crippen molar-refractivity contribution in [3.8, 4) is 0 Å². The van der Waals surface area contributed by atoms with Gasteiger partial charge in [0.2, 0.25) is 0 Å². The zero-order valence-electron chi connectivity index (χ0n) is 12.0. The van der Waals surface area contributed by atoms with Crippen molar-refractivity contribution in [2.45, 2.75) is 31.7 Å². The quantitative estimate of drug-likeness (QED) is 0.746. The molecule has 3 nitrogen and oxygen atoms in total. The molecule has 0 spiro atoms. The van der Waals surface area contributed by atoms with Crippen LogP contribution in [-0.2, 0) is 6.54 Å². The third kappa shape index (κ3) is 3.16. The highest BCUT2D eigenvalue weighted by atomic mass is 35.5. The van der Waals surface area contributed by atoms with Crippen molar-refractivity contribution < 1.29 is 0 Å². The lowest BCUT2D eigenvalue weighted by Crippen LogP contribution is -2.24. The molecule has 1 unspecified atom stereocenters. The second kappa shape index (κ2) is 6.33. The summed E-state index contributed by atoms with van der Waals surface area (Å²) in [5, 5.41) is 0.941. The monoisotopic (exact) mass is 345 g/mol. The molecule has 114 valence electrons. The SMILES string of the molecule is CC(Cl)c1nc2cc(Cl)c(Cl)cc2n1CCN1CCCC1. The lowest BCUT2D eigenvalue weighted by molar-refractivity contribution is 0.322. The van der Waals surface area contributed by atoms with Gasteiger partial charge in [0.1, 0.15) is 5.82 Å². The molecule has 6 heteroatoms. The van der Waals surface area contributed by atoms with E-state index in [1.807, 2.05) is 19.1 Å². The second-order valence-electron chi connectivity index (χ2n) is 5.54. The maximum absolute atomic E-state index is 6.29. The van der Waals surface area contributed by atoms with Gasteiger partial charge >= 0.3 is 0 Å². The highest BCUT2D eigenvalue weighted by molar-refractivity contribution is 6.42. The summed E-state index contributed by atoms with van der Waals surface area (Å²) in [6, 6.07) is 3.70. The number of aromatic nitrogens is 2. The van der Waals surface area contributed by atoms with Gasteiger partial charge in [-0.25, -0.2) is 4.98 Å². The zero-order chi connectivity index (χ0) is 15.0. The van der Waals surface area contributed by atoms with E-state index in [2.05, 4.69) is 14.5 Å². The first-order valence-corrected chi connectivity index (χ1v) is 8.47. The van der Waals surface area contributed by atoms with Gasteiger partial charge in [0.05, 0.1) is 26.5 Å². The Kier molecular flexibility index (Phi) is 4.65. The van der Waals surface area contributed by atoms with E-state index in [-0.39, 0.29) is 5.38 Å². The Morgan fingerprint density at radius 2 is 1.81 bits per heavy atom. The second-order valence-corrected chi connectivity index (χ2v) is 7.01. The number of alkyl halides is 1. The van der Waals surface area contributed by atoms with Crippen LogP contribution in [0.5, 0.6) is 0 Å². The Balaban J connectivity index is 1.96. The predicted octanol–water partition coefficient (Wildman–Crippen LogP) is 4.74. The molecule has 1 atom stereocenters. The molecule has 2 heterocycles. The molecule has 0 N–H and O–H groups in total. The third-order valence-electron chi connectivity index (χ3n) is 4.01. The van der Waals surface area contributed by atoms with Crippen LogP contribution in [0.25, 0.3) is 11.0 Å². The highest BCUT2D eigenvalue weighted by Gasteiger charge is 2.18. The number of likely N-dealkylation sites (tertiary alicyclic amines) is 1. The lowest BCUT2D eigenvalue weighted by Gasteiger charge is -2.17. The van der Waals surface area contributed by atoms with Gasteiger partial charge in [0, 0.05) is 13.1 Å². The highest BCUT2D eigenvalue weighted by Crippen LogP contribution is 2.31. The van der Waals surface area contributed by atoms with E-state index in [1.54, 1.807) is 0 Å². The van der Waals surface area contributed by atoms with E-state index in [9.17, 15) is 0 Å². The van der Waals surface area contributed by atoms with Gasteiger partial charge in [-0.15, -0.1) is 11.6 Å². The van der Waals surface area contributed by atoms with Crippen LogP contribution in [0.15, 0.2) is 12.1 Å². The van der Waals surface area contributed by atoms with Crippen LogP contribution < -0.4 is 0 Å².